The van der Waals surface area contributed by atoms with E-state index in [0.29, 0.717) is 11.8 Å². The van der Waals surface area contributed by atoms with Gasteiger partial charge in [0.05, 0.1) is 0 Å². The quantitative estimate of drug-likeness (QED) is 0.0467. The van der Waals surface area contributed by atoms with Crippen LogP contribution in [0.15, 0.2) is 0 Å². The zero-order chi connectivity index (χ0) is 41.1. The van der Waals surface area contributed by atoms with Gasteiger partial charge in [-0.1, -0.05) is 247 Å². The molecule has 0 aliphatic carbocycles. The maximum Gasteiger partial charge on any atom is 0.303 e. The van der Waals surface area contributed by atoms with E-state index in [2.05, 4.69) is 41.5 Å². The van der Waals surface area contributed by atoms with Crippen molar-refractivity contribution in [2.24, 2.45) is 22.6 Å². The van der Waals surface area contributed by atoms with Crippen LogP contribution >= 0.6 is 0 Å². The predicted molar refractivity (Wildman–Crippen MR) is 247 cm³/mol. The predicted octanol–water partition coefficient (Wildman–Crippen LogP) is 15.8. The molecule has 0 aliphatic heterocycles. The van der Waals surface area contributed by atoms with E-state index in [1.165, 1.54) is 218 Å². The summed E-state index contributed by atoms with van der Waals surface area (Å²) in [5.74, 6) is -0.675. The van der Waals surface area contributed by atoms with Crippen molar-refractivity contribution in [3.05, 3.63) is 0 Å². The Kier molecular flexibility index (Phi) is 63.0. The minimum atomic E-state index is -0.675. The average molecular weight is 770 g/mol. The summed E-state index contributed by atoms with van der Waals surface area (Å²) in [5.41, 5.74) is 16.7. The Labute approximate surface area is 342 Å². The Morgan fingerprint density at radius 1 is 0.352 bits per heavy atom. The van der Waals surface area contributed by atoms with Gasteiger partial charge in [-0.2, -0.15) is 0 Å². The smallest absolute Gasteiger partial charge is 0.303 e. The van der Waals surface area contributed by atoms with Gasteiger partial charge in [0.2, 0.25) is 0 Å². The van der Waals surface area contributed by atoms with Gasteiger partial charge in [-0.3, -0.25) is 4.79 Å². The number of hydrogen-bond donors (Lipinski definition) is 4. The number of unbranched alkanes of at least 4 members (excludes halogenated alkanes) is 32. The van der Waals surface area contributed by atoms with E-state index in [9.17, 15) is 4.79 Å². The Morgan fingerprint density at radius 3 is 0.741 bits per heavy atom. The van der Waals surface area contributed by atoms with Gasteiger partial charge in [0.25, 0.3) is 0 Å². The molecular weight excluding hydrogens is 663 g/mol. The SMILES string of the molecule is CC(C)(C)CCCCCC(=O)O.CCCCCCCCCCCCCN.CCCCCCCCCCCCCN.CCCCCCCCCCCCCN. The third-order valence-electron chi connectivity index (χ3n) is 10.2. The van der Waals surface area contributed by atoms with Gasteiger partial charge >= 0.3 is 5.97 Å². The highest BCUT2D eigenvalue weighted by Gasteiger charge is 2.09. The summed E-state index contributed by atoms with van der Waals surface area (Å²) in [6, 6.07) is 0. The monoisotopic (exact) mass is 770 g/mol. The molecule has 0 heterocycles. The third kappa shape index (κ3) is 76.1. The Bertz CT molecular complexity index is 529. The molecule has 0 radical (unpaired) electrons. The molecule has 0 unspecified atom stereocenters. The zero-order valence-corrected chi connectivity index (χ0v) is 38.6. The molecule has 0 spiro atoms. The number of aliphatic carboxylic acids is 1. The molecule has 7 N–H and O–H groups in total. The number of carboxylic acids is 1. The van der Waals surface area contributed by atoms with Gasteiger partial charge in [-0.05, 0) is 57.2 Å². The molecule has 0 atom stereocenters. The van der Waals surface area contributed by atoms with Crippen LogP contribution in [-0.4, -0.2) is 30.7 Å². The number of nitrogens with two attached hydrogens (primary N) is 3. The summed E-state index contributed by atoms with van der Waals surface area (Å²) in [4.78, 5) is 10.2. The molecule has 5 heteroatoms. The normalized spacial score (nSPS) is 10.9. The van der Waals surface area contributed by atoms with Crippen molar-refractivity contribution in [2.75, 3.05) is 19.6 Å². The van der Waals surface area contributed by atoms with Gasteiger partial charge in [-0.15, -0.1) is 0 Å². The van der Waals surface area contributed by atoms with Crippen molar-refractivity contribution in [2.45, 2.75) is 286 Å². The van der Waals surface area contributed by atoms with Crippen LogP contribution in [0.4, 0.5) is 0 Å². The maximum absolute atomic E-state index is 10.2. The standard InChI is InChI=1S/3C13H29N.C10H20O2/c3*1-2-3-4-5-6-7-8-9-10-11-12-13-14;1-10(2,3)8-6-4-5-7-9(11)12/h3*2-14H2,1H3;4-8H2,1-3H3,(H,11,12). The summed E-state index contributed by atoms with van der Waals surface area (Å²) in [5, 5.41) is 8.37. The van der Waals surface area contributed by atoms with E-state index in [4.69, 9.17) is 22.3 Å². The van der Waals surface area contributed by atoms with Crippen molar-refractivity contribution in [1.29, 1.82) is 0 Å². The summed E-state index contributed by atoms with van der Waals surface area (Å²) >= 11 is 0. The fourth-order valence-electron chi connectivity index (χ4n) is 6.53. The summed E-state index contributed by atoms with van der Waals surface area (Å²) in [6.45, 7) is 16.1. The van der Waals surface area contributed by atoms with Crippen LogP contribution in [0.3, 0.4) is 0 Å². The Hall–Kier alpha value is -0.650. The van der Waals surface area contributed by atoms with E-state index >= 15 is 0 Å². The van der Waals surface area contributed by atoms with E-state index in [1.807, 2.05) is 0 Å². The largest absolute Gasteiger partial charge is 0.481 e. The van der Waals surface area contributed by atoms with Crippen LogP contribution in [0.5, 0.6) is 0 Å². The van der Waals surface area contributed by atoms with Crippen molar-refractivity contribution >= 4 is 5.97 Å². The van der Waals surface area contributed by atoms with Crippen molar-refractivity contribution < 1.29 is 9.90 Å². The molecule has 0 aromatic carbocycles. The van der Waals surface area contributed by atoms with Crippen molar-refractivity contribution in [3.63, 3.8) is 0 Å². The Balaban J connectivity index is -0.000000309. The lowest BCUT2D eigenvalue weighted by Gasteiger charge is -2.17. The van der Waals surface area contributed by atoms with Crippen molar-refractivity contribution in [1.82, 2.24) is 0 Å². The first-order valence-electron chi connectivity index (χ1n) is 24.5. The molecule has 0 saturated heterocycles. The first-order chi connectivity index (χ1) is 26.2. The lowest BCUT2D eigenvalue weighted by Crippen LogP contribution is -2.04. The molecule has 330 valence electrons. The number of hydrogen-bond acceptors (Lipinski definition) is 4. The van der Waals surface area contributed by atoms with Crippen LogP contribution in [0, 0.1) is 5.41 Å². The molecule has 54 heavy (non-hydrogen) atoms. The minimum Gasteiger partial charge on any atom is -0.481 e. The van der Waals surface area contributed by atoms with E-state index in [0.717, 1.165) is 38.9 Å². The lowest BCUT2D eigenvalue weighted by molar-refractivity contribution is -0.137. The van der Waals surface area contributed by atoms with Crippen LogP contribution in [0.1, 0.15) is 286 Å². The highest BCUT2D eigenvalue weighted by atomic mass is 16.4. The molecule has 0 rings (SSSR count). The fourth-order valence-corrected chi connectivity index (χ4v) is 6.53. The molecule has 0 bridgehead atoms. The van der Waals surface area contributed by atoms with Crippen LogP contribution in [-0.2, 0) is 4.79 Å². The van der Waals surface area contributed by atoms with Gasteiger partial charge in [0.15, 0.2) is 0 Å². The molecule has 0 fully saturated rings. The van der Waals surface area contributed by atoms with E-state index in [-0.39, 0.29) is 0 Å². The summed E-state index contributed by atoms with van der Waals surface area (Å²) < 4.78 is 0. The maximum atomic E-state index is 10.2. The lowest BCUT2D eigenvalue weighted by atomic mass is 9.89. The average Bonchev–Trinajstić information content (AvgIpc) is 3.14. The summed E-state index contributed by atoms with van der Waals surface area (Å²) in [7, 11) is 0. The molecule has 0 saturated carbocycles. The third-order valence-corrected chi connectivity index (χ3v) is 10.2. The molecule has 0 aliphatic rings. The molecule has 5 nitrogen and oxygen atoms in total. The second-order valence-electron chi connectivity index (χ2n) is 17.5. The first-order valence-corrected chi connectivity index (χ1v) is 24.5. The number of rotatable bonds is 38. The van der Waals surface area contributed by atoms with Crippen LogP contribution in [0.25, 0.3) is 0 Å². The molecule has 0 aromatic rings. The van der Waals surface area contributed by atoms with E-state index < -0.39 is 5.97 Å². The van der Waals surface area contributed by atoms with Crippen LogP contribution < -0.4 is 17.2 Å². The number of carboxylic acid groups (broad SMARTS) is 1. The van der Waals surface area contributed by atoms with Gasteiger partial charge in [0, 0.05) is 6.42 Å². The highest BCUT2D eigenvalue weighted by Crippen LogP contribution is 2.22. The number of carbonyl (C=O) groups is 1. The zero-order valence-electron chi connectivity index (χ0n) is 38.6. The molecule has 0 amide bonds. The van der Waals surface area contributed by atoms with Crippen LogP contribution in [0.2, 0.25) is 0 Å². The van der Waals surface area contributed by atoms with E-state index in [1.54, 1.807) is 0 Å². The highest BCUT2D eigenvalue weighted by molar-refractivity contribution is 5.66. The minimum absolute atomic E-state index is 0.324. The fraction of sp³-hybridized carbons (Fsp3) is 0.980. The Morgan fingerprint density at radius 2 is 0.556 bits per heavy atom. The molecule has 0 aromatic heterocycles. The first kappa shape index (κ1) is 60.0. The van der Waals surface area contributed by atoms with Gasteiger partial charge in [-0.25, -0.2) is 0 Å². The van der Waals surface area contributed by atoms with Gasteiger partial charge in [0.1, 0.15) is 0 Å². The van der Waals surface area contributed by atoms with Gasteiger partial charge < -0.3 is 22.3 Å². The summed E-state index contributed by atoms with van der Waals surface area (Å²) in [6.07, 6.45) is 50.8. The second kappa shape index (κ2) is 56.7. The topological polar surface area (TPSA) is 115 Å². The molecular formula is C49H107N3O2. The van der Waals surface area contributed by atoms with Crippen molar-refractivity contribution in [3.8, 4) is 0 Å². The second-order valence-corrected chi connectivity index (χ2v) is 17.5.